The van der Waals surface area contributed by atoms with E-state index < -0.39 is 29.1 Å². The Labute approximate surface area is 206 Å². The Balaban J connectivity index is 0.000000917. The van der Waals surface area contributed by atoms with E-state index in [1.165, 1.54) is 6.92 Å². The first-order valence-electron chi connectivity index (χ1n) is 12.6. The largest absolute Gasteiger partial charge is 0.475 e. The maximum absolute atomic E-state index is 13.5. The van der Waals surface area contributed by atoms with E-state index in [1.807, 2.05) is 6.08 Å². The molecule has 0 aromatic rings. The van der Waals surface area contributed by atoms with Crippen LogP contribution in [0, 0.1) is 28.6 Å². The third kappa shape index (κ3) is 3.71. The highest BCUT2D eigenvalue weighted by atomic mass is 16.5. The summed E-state index contributed by atoms with van der Waals surface area (Å²) < 4.78 is 11.2. The number of allylic oxidation sites excluding steroid dienone is 4. The maximum Gasteiger partial charge on any atom is 0.303 e. The molecule has 35 heavy (non-hydrogen) atoms. The average Bonchev–Trinajstić information content (AvgIpc) is 3.23. The lowest BCUT2D eigenvalue weighted by atomic mass is 9.46. The van der Waals surface area contributed by atoms with Gasteiger partial charge in [0.25, 0.3) is 0 Å². The first-order chi connectivity index (χ1) is 16.4. The molecule has 0 aromatic carbocycles. The van der Waals surface area contributed by atoms with Gasteiger partial charge in [-0.15, -0.1) is 0 Å². The minimum absolute atomic E-state index is 0.00898. The lowest BCUT2D eigenvalue weighted by Crippen LogP contribution is -2.62. The molecule has 0 spiro atoms. The van der Waals surface area contributed by atoms with Crippen molar-refractivity contribution >= 4 is 23.4 Å². The number of carbonyl (C=O) groups is 3. The van der Waals surface area contributed by atoms with Crippen LogP contribution in [0.4, 0.5) is 0 Å². The molecule has 0 unspecified atom stereocenters. The monoisotopic (exact) mass is 487 g/mol. The Morgan fingerprint density at radius 2 is 2.00 bits per heavy atom. The summed E-state index contributed by atoms with van der Waals surface area (Å²) in [6.07, 6.45) is 7.01. The molecule has 3 saturated carbocycles. The number of fused-ring (bicyclic) bond motifs is 7. The topological polar surface area (TPSA) is 122 Å². The van der Waals surface area contributed by atoms with Crippen molar-refractivity contribution in [2.24, 2.45) is 33.6 Å². The Morgan fingerprint density at radius 1 is 1.31 bits per heavy atom. The van der Waals surface area contributed by atoms with Crippen LogP contribution in [0.15, 0.2) is 28.8 Å². The van der Waals surface area contributed by atoms with Gasteiger partial charge >= 0.3 is 5.97 Å². The van der Waals surface area contributed by atoms with Gasteiger partial charge in [-0.05, 0) is 56.6 Å². The number of hydrogen-bond acceptors (Lipinski definition) is 8. The molecule has 5 rings (SSSR count). The number of rotatable bonds is 3. The summed E-state index contributed by atoms with van der Waals surface area (Å²) >= 11 is 0. The fourth-order valence-corrected chi connectivity index (χ4v) is 7.97. The molecule has 8 atom stereocenters. The molecule has 3 fully saturated rings. The van der Waals surface area contributed by atoms with E-state index in [0.29, 0.717) is 18.7 Å². The number of ketones is 2. The molecule has 2 N–H and O–H groups in total. The van der Waals surface area contributed by atoms with Gasteiger partial charge in [-0.2, -0.15) is 0 Å². The van der Waals surface area contributed by atoms with Gasteiger partial charge in [0.2, 0.25) is 5.78 Å². The smallest absolute Gasteiger partial charge is 0.303 e. The highest BCUT2D eigenvalue weighted by Crippen LogP contribution is 2.69. The van der Waals surface area contributed by atoms with E-state index in [-0.39, 0.29) is 47.9 Å². The number of ether oxygens (including phenoxy) is 2. The predicted molar refractivity (Wildman–Crippen MR) is 129 cm³/mol. The summed E-state index contributed by atoms with van der Waals surface area (Å²) in [5, 5.41) is 19.1. The third-order valence-electron chi connectivity index (χ3n) is 9.17. The predicted octanol–water partition coefficient (Wildman–Crippen LogP) is 2.56. The molecule has 0 bridgehead atoms. The van der Waals surface area contributed by atoms with E-state index in [0.717, 1.165) is 18.4 Å². The second-order valence-corrected chi connectivity index (χ2v) is 11.0. The summed E-state index contributed by atoms with van der Waals surface area (Å²) in [6, 6.07) is 0. The highest BCUT2D eigenvalue weighted by Gasteiger charge is 2.74. The number of esters is 1. The molecule has 0 amide bonds. The zero-order valence-electron chi connectivity index (χ0n) is 21.2. The number of nitrogens with zero attached hydrogens (tertiary/aromatic N) is 1. The van der Waals surface area contributed by atoms with Crippen molar-refractivity contribution in [2.45, 2.75) is 78.0 Å². The van der Waals surface area contributed by atoms with Gasteiger partial charge in [0.15, 0.2) is 23.8 Å². The third-order valence-corrected chi connectivity index (χ3v) is 9.17. The first kappa shape index (κ1) is 25.8. The van der Waals surface area contributed by atoms with Crippen LogP contribution in [0.2, 0.25) is 0 Å². The summed E-state index contributed by atoms with van der Waals surface area (Å²) in [5.74, 6) is -0.0140. The first-order valence-corrected chi connectivity index (χ1v) is 12.6. The quantitative estimate of drug-likeness (QED) is 0.587. The van der Waals surface area contributed by atoms with Crippen molar-refractivity contribution in [1.82, 2.24) is 0 Å². The van der Waals surface area contributed by atoms with E-state index >= 15 is 0 Å². The SMILES string of the molecule is CC(=O)OCC(=O)[C@@]12N=C(C)O[C@@H]1C[C@H]1[C@@H]3CCC4=CC(=O)C=C[C@]4(C)[C@H]3[C@@H](O)C[C@@]12C.CCO. The Hall–Kier alpha value is -2.32. The van der Waals surface area contributed by atoms with Gasteiger partial charge in [-0.25, -0.2) is 4.99 Å². The van der Waals surface area contributed by atoms with Crippen LogP contribution < -0.4 is 0 Å². The number of aliphatic hydroxyl groups excluding tert-OH is 2. The number of aliphatic imine (C=N–C) groups is 1. The van der Waals surface area contributed by atoms with Crippen molar-refractivity contribution in [3.05, 3.63) is 23.8 Å². The van der Waals surface area contributed by atoms with Crippen molar-refractivity contribution in [3.8, 4) is 0 Å². The van der Waals surface area contributed by atoms with Crippen molar-refractivity contribution < 1.29 is 34.1 Å². The van der Waals surface area contributed by atoms with Crippen LogP contribution in [0.5, 0.6) is 0 Å². The number of aliphatic hydroxyl groups is 2. The molecule has 0 radical (unpaired) electrons. The number of Topliss-reactive ketones (excluding diaryl/α,β-unsaturated/α-hetero) is 1. The minimum atomic E-state index is -1.15. The van der Waals surface area contributed by atoms with Crippen molar-refractivity contribution in [1.29, 1.82) is 0 Å². The minimum Gasteiger partial charge on any atom is -0.475 e. The maximum atomic E-state index is 13.5. The summed E-state index contributed by atoms with van der Waals surface area (Å²) in [6.45, 7) is 8.81. The fourth-order valence-electron chi connectivity index (χ4n) is 7.97. The summed E-state index contributed by atoms with van der Waals surface area (Å²) in [4.78, 5) is 41.7. The normalized spacial score (nSPS) is 42.7. The summed E-state index contributed by atoms with van der Waals surface area (Å²) in [7, 11) is 0. The van der Waals surface area contributed by atoms with Gasteiger partial charge in [-0.3, -0.25) is 14.4 Å². The van der Waals surface area contributed by atoms with Gasteiger partial charge in [0.05, 0.1) is 6.10 Å². The molecule has 1 heterocycles. The van der Waals surface area contributed by atoms with Crippen molar-refractivity contribution in [3.63, 3.8) is 0 Å². The molecular weight excluding hydrogens is 450 g/mol. The molecule has 4 aliphatic carbocycles. The molecule has 1 aliphatic heterocycles. The zero-order valence-corrected chi connectivity index (χ0v) is 21.2. The number of carbonyl (C=O) groups excluding carboxylic acids is 3. The molecule has 0 aromatic heterocycles. The van der Waals surface area contributed by atoms with E-state index in [2.05, 4.69) is 13.8 Å². The van der Waals surface area contributed by atoms with Crippen LogP contribution in [0.3, 0.4) is 0 Å². The second kappa shape index (κ2) is 8.96. The van der Waals surface area contributed by atoms with Gasteiger partial charge in [0, 0.05) is 37.2 Å². The van der Waals surface area contributed by atoms with E-state index in [4.69, 9.17) is 19.6 Å². The zero-order chi connectivity index (χ0) is 25.8. The standard InChI is InChI=1S/C25H31NO6.C2H6O/c1-13-26-25(20(30)12-31-14(2)27)21(32-13)10-18-17-6-5-15-9-16(28)7-8-23(15,3)22(17)19(29)11-24(18,25)4;1-2-3/h7-9,17-19,21-22,29H,5-6,10-12H2,1-4H3;3H,2H2,1H3/t17-,18-,19-,21+,22+,23-,24-,25+;/m0./s1. The van der Waals surface area contributed by atoms with Gasteiger partial charge in [-0.1, -0.05) is 25.5 Å². The van der Waals surface area contributed by atoms with Crippen LogP contribution in [0.1, 0.15) is 60.3 Å². The lowest BCUT2D eigenvalue weighted by Gasteiger charge is -2.59. The highest BCUT2D eigenvalue weighted by molar-refractivity contribution is 6.01. The Bertz CT molecular complexity index is 1010. The van der Waals surface area contributed by atoms with E-state index in [1.54, 1.807) is 26.0 Å². The summed E-state index contributed by atoms with van der Waals surface area (Å²) in [5.41, 5.74) is -1.04. The van der Waals surface area contributed by atoms with E-state index in [9.17, 15) is 19.5 Å². The second-order valence-electron chi connectivity index (χ2n) is 11.0. The molecule has 192 valence electrons. The number of hydrogen-bond donors (Lipinski definition) is 2. The molecule has 0 saturated heterocycles. The molecule has 5 aliphatic rings. The van der Waals surface area contributed by atoms with Crippen LogP contribution in [-0.4, -0.2) is 64.6 Å². The average molecular weight is 488 g/mol. The Morgan fingerprint density at radius 3 is 2.66 bits per heavy atom. The molecule has 8 nitrogen and oxygen atoms in total. The van der Waals surface area contributed by atoms with Crippen LogP contribution >= 0.6 is 0 Å². The lowest BCUT2D eigenvalue weighted by molar-refractivity contribution is -0.155. The van der Waals surface area contributed by atoms with Crippen LogP contribution in [0.25, 0.3) is 0 Å². The van der Waals surface area contributed by atoms with Crippen LogP contribution in [-0.2, 0) is 23.9 Å². The Kier molecular flexibility index (Phi) is 6.60. The van der Waals surface area contributed by atoms with Gasteiger partial charge < -0.3 is 19.7 Å². The fraction of sp³-hybridized carbons (Fsp3) is 0.704. The van der Waals surface area contributed by atoms with Crippen molar-refractivity contribution in [2.75, 3.05) is 13.2 Å². The van der Waals surface area contributed by atoms with Gasteiger partial charge in [0.1, 0.15) is 6.10 Å². The molecular formula is C27H37NO7. The molecule has 8 heteroatoms.